The molecular formula is C23H20F6N2O2. The molecule has 0 saturated carbocycles. The molecule has 1 heterocycles. The maximum absolute atomic E-state index is 13.9. The Labute approximate surface area is 185 Å². The molecule has 33 heavy (non-hydrogen) atoms. The lowest BCUT2D eigenvalue weighted by Crippen LogP contribution is -2.20. The lowest BCUT2D eigenvalue weighted by atomic mass is 10.0. The molecule has 0 spiro atoms. The number of anilines is 1. The quantitative estimate of drug-likeness (QED) is 0.416. The van der Waals surface area contributed by atoms with Gasteiger partial charge in [0.15, 0.2) is 5.75 Å². The second-order valence-electron chi connectivity index (χ2n) is 7.28. The number of aromatic nitrogens is 1. The lowest BCUT2D eigenvalue weighted by molar-refractivity contribution is -0.274. The van der Waals surface area contributed by atoms with Crippen molar-refractivity contribution in [2.24, 2.45) is 0 Å². The molecule has 3 rings (SSSR count). The fraction of sp³-hybridized carbons (Fsp3) is 0.261. The smallest absolute Gasteiger partial charge is 0.404 e. The molecule has 176 valence electrons. The van der Waals surface area contributed by atoms with Gasteiger partial charge in [-0.15, -0.1) is 13.2 Å². The lowest BCUT2D eigenvalue weighted by Gasteiger charge is -2.20. The number of benzene rings is 2. The van der Waals surface area contributed by atoms with Gasteiger partial charge in [-0.3, -0.25) is 4.79 Å². The van der Waals surface area contributed by atoms with E-state index in [1.54, 1.807) is 13.8 Å². The van der Waals surface area contributed by atoms with Gasteiger partial charge in [0.2, 0.25) is 0 Å². The van der Waals surface area contributed by atoms with Crippen LogP contribution in [0.2, 0.25) is 0 Å². The average Bonchev–Trinajstić information content (AvgIpc) is 3.01. The molecule has 0 atom stereocenters. The van der Waals surface area contributed by atoms with Gasteiger partial charge < -0.3 is 14.6 Å². The van der Waals surface area contributed by atoms with Crippen molar-refractivity contribution in [1.82, 2.24) is 4.57 Å². The van der Waals surface area contributed by atoms with E-state index in [2.05, 4.69) is 10.1 Å². The predicted molar refractivity (Wildman–Crippen MR) is 111 cm³/mol. The van der Waals surface area contributed by atoms with Gasteiger partial charge >= 0.3 is 12.5 Å². The van der Waals surface area contributed by atoms with Crippen molar-refractivity contribution in [3.05, 3.63) is 76.6 Å². The monoisotopic (exact) mass is 470 g/mol. The number of carbonyl (C=O) groups excluding carboxylic acids is 1. The minimum Gasteiger partial charge on any atom is -0.404 e. The zero-order valence-electron chi connectivity index (χ0n) is 17.9. The van der Waals surface area contributed by atoms with Crippen LogP contribution >= 0.6 is 0 Å². The Morgan fingerprint density at radius 1 is 1.00 bits per heavy atom. The molecule has 0 saturated heterocycles. The van der Waals surface area contributed by atoms with E-state index in [-0.39, 0.29) is 34.6 Å². The fourth-order valence-corrected chi connectivity index (χ4v) is 3.73. The van der Waals surface area contributed by atoms with Gasteiger partial charge in [-0.1, -0.05) is 31.2 Å². The first-order chi connectivity index (χ1) is 15.3. The minimum atomic E-state index is -4.96. The number of nitrogens with one attached hydrogen (secondary N) is 1. The molecule has 0 aliphatic carbocycles. The van der Waals surface area contributed by atoms with Crippen LogP contribution in [0.5, 0.6) is 5.75 Å². The molecule has 1 aromatic heterocycles. The second-order valence-corrected chi connectivity index (χ2v) is 7.28. The van der Waals surface area contributed by atoms with E-state index in [4.69, 9.17) is 0 Å². The molecule has 0 bridgehead atoms. The topological polar surface area (TPSA) is 43.3 Å². The van der Waals surface area contributed by atoms with Gasteiger partial charge in [0.25, 0.3) is 5.91 Å². The van der Waals surface area contributed by atoms with Crippen molar-refractivity contribution < 1.29 is 35.9 Å². The third-order valence-corrected chi connectivity index (χ3v) is 5.07. The highest BCUT2D eigenvalue weighted by molar-refractivity contribution is 6.06. The summed E-state index contributed by atoms with van der Waals surface area (Å²) in [6.45, 7) is 4.63. The van der Waals surface area contributed by atoms with E-state index < -0.39 is 29.8 Å². The molecule has 4 nitrogen and oxygen atoms in total. The Balaban J connectivity index is 2.04. The highest BCUT2D eigenvalue weighted by atomic mass is 19.4. The zero-order chi connectivity index (χ0) is 24.6. The number of ether oxygens (including phenoxy) is 1. The molecule has 2 aromatic carbocycles. The largest absolute Gasteiger partial charge is 0.573 e. The molecule has 0 unspecified atom stereocenters. The van der Waals surface area contributed by atoms with Gasteiger partial charge in [-0.2, -0.15) is 13.2 Å². The SMILES string of the molecule is CCc1cccc(-n2c(C)cc(C(=O)Nc3ccccc3OC(F)(F)F)c2C)c1C(F)(F)F. The molecule has 0 fully saturated rings. The van der Waals surface area contributed by atoms with E-state index >= 15 is 0 Å². The van der Waals surface area contributed by atoms with E-state index in [0.29, 0.717) is 5.69 Å². The van der Waals surface area contributed by atoms with Gasteiger partial charge in [0, 0.05) is 11.4 Å². The highest BCUT2D eigenvalue weighted by Crippen LogP contribution is 2.38. The number of para-hydroxylation sites is 2. The summed E-state index contributed by atoms with van der Waals surface area (Å²) < 4.78 is 84.9. The summed E-state index contributed by atoms with van der Waals surface area (Å²) in [5, 5.41) is 2.35. The third kappa shape index (κ3) is 5.15. The van der Waals surface area contributed by atoms with Crippen LogP contribution < -0.4 is 10.1 Å². The molecule has 3 aromatic rings. The van der Waals surface area contributed by atoms with Gasteiger partial charge in [0.1, 0.15) is 0 Å². The number of rotatable bonds is 5. The summed E-state index contributed by atoms with van der Waals surface area (Å²) in [6.07, 6.45) is -9.43. The molecule has 1 N–H and O–H groups in total. The summed E-state index contributed by atoms with van der Waals surface area (Å²) in [4.78, 5) is 12.9. The van der Waals surface area contributed by atoms with Crippen LogP contribution in [-0.4, -0.2) is 16.8 Å². The normalized spacial score (nSPS) is 12.0. The summed E-state index contributed by atoms with van der Waals surface area (Å²) in [5.74, 6) is -1.39. The van der Waals surface area contributed by atoms with Crippen LogP contribution in [0.1, 0.15) is 39.8 Å². The maximum atomic E-state index is 13.9. The van der Waals surface area contributed by atoms with E-state index in [1.165, 1.54) is 54.0 Å². The van der Waals surface area contributed by atoms with Crippen LogP contribution in [0.15, 0.2) is 48.5 Å². The molecule has 1 amide bonds. The molecule has 0 radical (unpaired) electrons. The number of nitrogens with zero attached hydrogens (tertiary/aromatic N) is 1. The highest BCUT2D eigenvalue weighted by Gasteiger charge is 2.37. The Bertz CT molecular complexity index is 1180. The maximum Gasteiger partial charge on any atom is 0.573 e. The Kier molecular flexibility index (Phi) is 6.49. The number of hydrogen-bond acceptors (Lipinski definition) is 2. The Morgan fingerprint density at radius 3 is 2.27 bits per heavy atom. The number of carbonyl (C=O) groups is 1. The van der Waals surface area contributed by atoms with Crippen LogP contribution in [0.25, 0.3) is 5.69 Å². The third-order valence-electron chi connectivity index (χ3n) is 5.07. The summed E-state index contributed by atoms with van der Waals surface area (Å²) in [6, 6.07) is 10.6. The number of halogens is 6. The van der Waals surface area contributed by atoms with Crippen molar-refractivity contribution in [3.63, 3.8) is 0 Å². The van der Waals surface area contributed by atoms with Crippen molar-refractivity contribution in [2.45, 2.75) is 39.7 Å². The molecule has 10 heteroatoms. The van der Waals surface area contributed by atoms with E-state index in [1.807, 2.05) is 0 Å². The van der Waals surface area contributed by atoms with Crippen LogP contribution in [0.4, 0.5) is 32.0 Å². The Morgan fingerprint density at radius 2 is 1.67 bits per heavy atom. The van der Waals surface area contributed by atoms with Crippen LogP contribution in [0, 0.1) is 13.8 Å². The van der Waals surface area contributed by atoms with Crippen LogP contribution in [-0.2, 0) is 12.6 Å². The minimum absolute atomic E-state index is 0.0179. The molecule has 0 aliphatic heterocycles. The average molecular weight is 470 g/mol. The van der Waals surface area contributed by atoms with Crippen molar-refractivity contribution in [3.8, 4) is 11.4 Å². The van der Waals surface area contributed by atoms with Gasteiger partial charge in [-0.05, 0) is 50.1 Å². The van der Waals surface area contributed by atoms with Crippen LogP contribution in [0.3, 0.4) is 0 Å². The standard InChI is InChI=1S/C23H20F6N2O2/c1-4-15-8-7-10-18(20(15)22(24,25)26)31-13(2)12-16(14(31)3)21(32)30-17-9-5-6-11-19(17)33-23(27,28)29/h5-12H,4H2,1-3H3,(H,30,32). The van der Waals surface area contributed by atoms with Crippen molar-refractivity contribution >= 4 is 11.6 Å². The fourth-order valence-electron chi connectivity index (χ4n) is 3.73. The first-order valence-corrected chi connectivity index (χ1v) is 9.88. The first-order valence-electron chi connectivity index (χ1n) is 9.88. The molecule has 0 aliphatic rings. The van der Waals surface area contributed by atoms with E-state index in [0.717, 1.165) is 6.07 Å². The first kappa shape index (κ1) is 24.2. The summed E-state index contributed by atoms with van der Waals surface area (Å²) in [5.41, 5.74) is -0.467. The number of amides is 1. The number of alkyl halides is 6. The summed E-state index contributed by atoms with van der Waals surface area (Å²) in [7, 11) is 0. The predicted octanol–water partition coefficient (Wildman–Crippen LogP) is 6.83. The second kappa shape index (κ2) is 8.84. The number of aryl methyl sites for hydroxylation is 2. The molecular weight excluding hydrogens is 450 g/mol. The summed E-state index contributed by atoms with van der Waals surface area (Å²) >= 11 is 0. The number of hydrogen-bond donors (Lipinski definition) is 1. The van der Waals surface area contributed by atoms with Gasteiger partial charge in [-0.25, -0.2) is 0 Å². The van der Waals surface area contributed by atoms with Gasteiger partial charge in [0.05, 0.1) is 22.5 Å². The van der Waals surface area contributed by atoms with Crippen molar-refractivity contribution in [2.75, 3.05) is 5.32 Å². The zero-order valence-corrected chi connectivity index (χ0v) is 17.9. The van der Waals surface area contributed by atoms with E-state index in [9.17, 15) is 31.1 Å². The van der Waals surface area contributed by atoms with Crippen molar-refractivity contribution in [1.29, 1.82) is 0 Å². The Hall–Kier alpha value is -3.43.